The van der Waals surface area contributed by atoms with Crippen molar-refractivity contribution < 1.29 is 14.3 Å². The molecule has 0 bridgehead atoms. The Bertz CT molecular complexity index is 182. The smallest absolute Gasteiger partial charge is 0.333 e. The van der Waals surface area contributed by atoms with Crippen LogP contribution in [0.1, 0.15) is 19.8 Å². The first-order valence-corrected chi connectivity index (χ1v) is 4.20. The van der Waals surface area contributed by atoms with E-state index in [1.54, 1.807) is 6.92 Å². The zero-order chi connectivity index (χ0) is 8.97. The Morgan fingerprint density at radius 1 is 1.75 bits per heavy atom. The van der Waals surface area contributed by atoms with E-state index in [0.717, 1.165) is 13.0 Å². The van der Waals surface area contributed by atoms with Gasteiger partial charge in [0, 0.05) is 5.57 Å². The summed E-state index contributed by atoms with van der Waals surface area (Å²) in [7, 11) is 0. The minimum atomic E-state index is -0.279. The Balaban J connectivity index is 2.12. The van der Waals surface area contributed by atoms with Gasteiger partial charge in [0.05, 0.1) is 19.3 Å². The predicted octanol–water partition coefficient (Wildman–Crippen LogP) is 1.28. The van der Waals surface area contributed by atoms with E-state index in [1.807, 2.05) is 0 Å². The van der Waals surface area contributed by atoms with Crippen molar-refractivity contribution in [3.05, 3.63) is 12.2 Å². The standard InChI is InChI=1S/C9H14O3/c1-3-11-9(10)7(2)4-5-8-6-12-8/h8H,2-6H2,1H3. The molecule has 0 aromatic rings. The van der Waals surface area contributed by atoms with Gasteiger partial charge in [-0.25, -0.2) is 4.79 Å². The highest BCUT2D eigenvalue weighted by atomic mass is 16.6. The normalized spacial score (nSPS) is 20.2. The van der Waals surface area contributed by atoms with E-state index in [2.05, 4.69) is 6.58 Å². The van der Waals surface area contributed by atoms with Crippen LogP contribution < -0.4 is 0 Å². The van der Waals surface area contributed by atoms with Gasteiger partial charge in [-0.1, -0.05) is 6.58 Å². The molecule has 0 saturated carbocycles. The maximum Gasteiger partial charge on any atom is 0.333 e. The van der Waals surface area contributed by atoms with Crippen LogP contribution in [0.3, 0.4) is 0 Å². The molecule has 3 nitrogen and oxygen atoms in total. The lowest BCUT2D eigenvalue weighted by Crippen LogP contribution is -2.07. The Hall–Kier alpha value is -0.830. The molecule has 1 atom stereocenters. The summed E-state index contributed by atoms with van der Waals surface area (Å²) in [5.74, 6) is -0.279. The first-order chi connectivity index (χ1) is 5.74. The third kappa shape index (κ3) is 3.05. The monoisotopic (exact) mass is 170 g/mol. The SMILES string of the molecule is C=C(CCC1CO1)C(=O)OCC. The van der Waals surface area contributed by atoms with Crippen LogP contribution in [-0.4, -0.2) is 25.3 Å². The fourth-order valence-corrected chi connectivity index (χ4v) is 0.905. The van der Waals surface area contributed by atoms with Crippen LogP contribution in [0.2, 0.25) is 0 Å². The molecule has 0 N–H and O–H groups in total. The zero-order valence-electron chi connectivity index (χ0n) is 7.34. The van der Waals surface area contributed by atoms with E-state index < -0.39 is 0 Å². The van der Waals surface area contributed by atoms with E-state index in [-0.39, 0.29) is 5.97 Å². The van der Waals surface area contributed by atoms with Crippen molar-refractivity contribution in [1.29, 1.82) is 0 Å². The Morgan fingerprint density at radius 2 is 2.42 bits per heavy atom. The lowest BCUT2D eigenvalue weighted by Gasteiger charge is -2.02. The quantitative estimate of drug-likeness (QED) is 0.354. The Kier molecular flexibility index (Phi) is 3.29. The predicted molar refractivity (Wildman–Crippen MR) is 44.7 cm³/mol. The molecule has 0 radical (unpaired) electrons. The number of rotatable bonds is 5. The maximum absolute atomic E-state index is 11.0. The van der Waals surface area contributed by atoms with Crippen LogP contribution >= 0.6 is 0 Å². The number of ether oxygens (including phenoxy) is 2. The summed E-state index contributed by atoms with van der Waals surface area (Å²) in [5, 5.41) is 0. The third-order valence-electron chi connectivity index (χ3n) is 1.73. The van der Waals surface area contributed by atoms with E-state index in [4.69, 9.17) is 9.47 Å². The van der Waals surface area contributed by atoms with Crippen molar-refractivity contribution in [2.45, 2.75) is 25.9 Å². The van der Waals surface area contributed by atoms with E-state index in [1.165, 1.54) is 0 Å². The largest absolute Gasteiger partial charge is 0.463 e. The minimum Gasteiger partial charge on any atom is -0.463 e. The van der Waals surface area contributed by atoms with Crippen molar-refractivity contribution in [3.63, 3.8) is 0 Å². The van der Waals surface area contributed by atoms with Crippen LogP contribution in [0.4, 0.5) is 0 Å². The van der Waals surface area contributed by atoms with E-state index in [9.17, 15) is 4.79 Å². The lowest BCUT2D eigenvalue weighted by molar-refractivity contribution is -0.138. The lowest BCUT2D eigenvalue weighted by atomic mass is 10.1. The van der Waals surface area contributed by atoms with Crippen LogP contribution in [0, 0.1) is 0 Å². The number of hydrogen-bond donors (Lipinski definition) is 0. The molecule has 0 aromatic heterocycles. The van der Waals surface area contributed by atoms with Gasteiger partial charge in [-0.05, 0) is 19.8 Å². The van der Waals surface area contributed by atoms with Gasteiger partial charge in [0.1, 0.15) is 0 Å². The van der Waals surface area contributed by atoms with E-state index in [0.29, 0.717) is 24.7 Å². The fraction of sp³-hybridized carbons (Fsp3) is 0.667. The fourth-order valence-electron chi connectivity index (χ4n) is 0.905. The topological polar surface area (TPSA) is 38.8 Å². The molecule has 0 amide bonds. The molecule has 12 heavy (non-hydrogen) atoms. The molecule has 0 aromatic carbocycles. The van der Waals surface area contributed by atoms with Crippen molar-refractivity contribution in [2.75, 3.05) is 13.2 Å². The first-order valence-electron chi connectivity index (χ1n) is 4.20. The molecule has 1 fully saturated rings. The highest BCUT2D eigenvalue weighted by Crippen LogP contribution is 2.18. The Morgan fingerprint density at radius 3 is 2.92 bits per heavy atom. The molecule has 3 heteroatoms. The van der Waals surface area contributed by atoms with Gasteiger partial charge in [0.25, 0.3) is 0 Å². The molecule has 1 unspecified atom stereocenters. The molecule has 1 heterocycles. The van der Waals surface area contributed by atoms with Crippen molar-refractivity contribution in [1.82, 2.24) is 0 Å². The first kappa shape index (κ1) is 9.26. The second kappa shape index (κ2) is 4.26. The van der Waals surface area contributed by atoms with Gasteiger partial charge in [-0.2, -0.15) is 0 Å². The molecular weight excluding hydrogens is 156 g/mol. The summed E-state index contributed by atoms with van der Waals surface area (Å²) in [5.41, 5.74) is 0.548. The number of carbonyl (C=O) groups is 1. The average Bonchev–Trinajstić information content (AvgIpc) is 2.83. The summed E-state index contributed by atoms with van der Waals surface area (Å²) >= 11 is 0. The summed E-state index contributed by atoms with van der Waals surface area (Å²) in [6.07, 6.45) is 1.93. The van der Waals surface area contributed by atoms with Crippen LogP contribution in [0.5, 0.6) is 0 Å². The summed E-state index contributed by atoms with van der Waals surface area (Å²) in [6, 6.07) is 0. The van der Waals surface area contributed by atoms with Gasteiger partial charge in [0.2, 0.25) is 0 Å². The number of hydrogen-bond acceptors (Lipinski definition) is 3. The van der Waals surface area contributed by atoms with Gasteiger partial charge < -0.3 is 9.47 Å². The molecule has 1 aliphatic rings. The minimum absolute atomic E-state index is 0.279. The van der Waals surface area contributed by atoms with Crippen molar-refractivity contribution in [3.8, 4) is 0 Å². The summed E-state index contributed by atoms with van der Waals surface area (Å²) in [4.78, 5) is 11.0. The number of epoxide rings is 1. The Labute approximate surface area is 72.4 Å². The zero-order valence-corrected chi connectivity index (χ0v) is 7.34. The second-order valence-corrected chi connectivity index (χ2v) is 2.82. The van der Waals surface area contributed by atoms with Gasteiger partial charge >= 0.3 is 5.97 Å². The van der Waals surface area contributed by atoms with Crippen molar-refractivity contribution >= 4 is 5.97 Å². The van der Waals surface area contributed by atoms with Gasteiger partial charge in [0.15, 0.2) is 0 Å². The molecule has 1 rings (SSSR count). The maximum atomic E-state index is 11.0. The van der Waals surface area contributed by atoms with Crippen molar-refractivity contribution in [2.24, 2.45) is 0 Å². The molecule has 1 saturated heterocycles. The van der Waals surface area contributed by atoms with Crippen LogP contribution in [-0.2, 0) is 14.3 Å². The molecular formula is C9H14O3. The third-order valence-corrected chi connectivity index (χ3v) is 1.73. The van der Waals surface area contributed by atoms with Crippen LogP contribution in [0.15, 0.2) is 12.2 Å². The highest BCUT2D eigenvalue weighted by Gasteiger charge is 2.22. The number of esters is 1. The second-order valence-electron chi connectivity index (χ2n) is 2.82. The molecule has 1 aliphatic heterocycles. The summed E-state index contributed by atoms with van der Waals surface area (Å²) < 4.78 is 9.78. The molecule has 68 valence electrons. The molecule has 0 spiro atoms. The molecule has 0 aliphatic carbocycles. The highest BCUT2D eigenvalue weighted by molar-refractivity contribution is 5.87. The van der Waals surface area contributed by atoms with Crippen LogP contribution in [0.25, 0.3) is 0 Å². The number of carbonyl (C=O) groups excluding carboxylic acids is 1. The summed E-state index contributed by atoms with van der Waals surface area (Å²) in [6.45, 7) is 6.67. The van der Waals surface area contributed by atoms with Gasteiger partial charge in [-0.3, -0.25) is 0 Å². The van der Waals surface area contributed by atoms with Gasteiger partial charge in [-0.15, -0.1) is 0 Å². The van der Waals surface area contributed by atoms with E-state index >= 15 is 0 Å². The average molecular weight is 170 g/mol.